The van der Waals surface area contributed by atoms with Gasteiger partial charge in [-0.15, -0.1) is 0 Å². The standard InChI is InChI=1S/C19H23N7O/c1-13-22-17-16(12-21-24(17)2)18(23-13)25-7-9-26(10-8-25)19(27)15-5-3-14(11-20)4-6-15/h3-6,12H,7-11,20H2,1-2H3. The molecule has 0 atom stereocenters. The molecule has 1 saturated heterocycles. The molecule has 0 bridgehead atoms. The molecule has 0 radical (unpaired) electrons. The van der Waals surface area contributed by atoms with E-state index in [-0.39, 0.29) is 5.91 Å². The van der Waals surface area contributed by atoms with Crippen LogP contribution in [0.5, 0.6) is 0 Å². The summed E-state index contributed by atoms with van der Waals surface area (Å²) in [6, 6.07) is 7.52. The summed E-state index contributed by atoms with van der Waals surface area (Å²) in [6.07, 6.45) is 1.81. The predicted molar refractivity (Wildman–Crippen MR) is 103 cm³/mol. The van der Waals surface area contributed by atoms with E-state index in [2.05, 4.69) is 20.0 Å². The smallest absolute Gasteiger partial charge is 0.253 e. The Bertz CT molecular complexity index is 972. The number of amides is 1. The van der Waals surface area contributed by atoms with Gasteiger partial charge in [0.1, 0.15) is 11.6 Å². The highest BCUT2D eigenvalue weighted by Gasteiger charge is 2.25. The Kier molecular flexibility index (Phi) is 4.49. The predicted octanol–water partition coefficient (Wildman–Crippen LogP) is 1.09. The summed E-state index contributed by atoms with van der Waals surface area (Å²) in [5.41, 5.74) is 8.18. The summed E-state index contributed by atoms with van der Waals surface area (Å²) >= 11 is 0. The Morgan fingerprint density at radius 2 is 1.81 bits per heavy atom. The molecule has 27 heavy (non-hydrogen) atoms. The van der Waals surface area contributed by atoms with E-state index in [1.165, 1.54) is 0 Å². The van der Waals surface area contributed by atoms with E-state index in [1.807, 2.05) is 43.1 Å². The van der Waals surface area contributed by atoms with Gasteiger partial charge in [0.25, 0.3) is 5.91 Å². The topological polar surface area (TPSA) is 93.2 Å². The molecule has 1 amide bonds. The number of rotatable bonds is 3. The van der Waals surface area contributed by atoms with Crippen molar-refractivity contribution in [3.63, 3.8) is 0 Å². The maximum atomic E-state index is 12.7. The first-order chi connectivity index (χ1) is 13.1. The third-order valence-electron chi connectivity index (χ3n) is 4.99. The minimum Gasteiger partial charge on any atom is -0.352 e. The number of anilines is 1. The van der Waals surface area contributed by atoms with Crippen molar-refractivity contribution in [3.8, 4) is 0 Å². The molecule has 140 valence electrons. The van der Waals surface area contributed by atoms with Gasteiger partial charge in [-0.2, -0.15) is 5.10 Å². The minimum absolute atomic E-state index is 0.0589. The molecule has 0 spiro atoms. The molecule has 1 fully saturated rings. The molecule has 1 aromatic carbocycles. The summed E-state index contributed by atoms with van der Waals surface area (Å²) in [5, 5.41) is 5.25. The fraction of sp³-hybridized carbons (Fsp3) is 0.368. The van der Waals surface area contributed by atoms with Gasteiger partial charge in [0, 0.05) is 45.3 Å². The average molecular weight is 365 g/mol. The number of carbonyl (C=O) groups is 1. The number of aromatic nitrogens is 4. The van der Waals surface area contributed by atoms with E-state index < -0.39 is 0 Å². The number of fused-ring (bicyclic) bond motifs is 1. The second-order valence-corrected chi connectivity index (χ2v) is 6.78. The highest BCUT2D eigenvalue weighted by Crippen LogP contribution is 2.24. The van der Waals surface area contributed by atoms with Crippen LogP contribution in [-0.4, -0.2) is 56.7 Å². The zero-order chi connectivity index (χ0) is 19.0. The zero-order valence-electron chi connectivity index (χ0n) is 15.6. The number of hydrogen-bond acceptors (Lipinski definition) is 6. The molecule has 3 heterocycles. The van der Waals surface area contributed by atoms with Gasteiger partial charge in [-0.1, -0.05) is 12.1 Å². The zero-order valence-corrected chi connectivity index (χ0v) is 15.6. The van der Waals surface area contributed by atoms with E-state index in [4.69, 9.17) is 5.73 Å². The molecule has 4 rings (SSSR count). The van der Waals surface area contributed by atoms with Gasteiger partial charge in [0.05, 0.1) is 11.6 Å². The normalized spacial score (nSPS) is 14.8. The number of aryl methyl sites for hydroxylation is 2. The van der Waals surface area contributed by atoms with Gasteiger partial charge in [-0.05, 0) is 24.6 Å². The molecule has 2 aromatic heterocycles. The second kappa shape index (κ2) is 6.96. The van der Waals surface area contributed by atoms with Crippen molar-refractivity contribution in [1.29, 1.82) is 0 Å². The lowest BCUT2D eigenvalue weighted by molar-refractivity contribution is 0.0746. The number of carbonyl (C=O) groups excluding carboxylic acids is 1. The first-order valence-corrected chi connectivity index (χ1v) is 9.06. The van der Waals surface area contributed by atoms with Crippen molar-refractivity contribution in [2.75, 3.05) is 31.1 Å². The van der Waals surface area contributed by atoms with Crippen LogP contribution in [0.25, 0.3) is 11.0 Å². The summed E-state index contributed by atoms with van der Waals surface area (Å²) in [5.74, 6) is 1.67. The Morgan fingerprint density at radius 1 is 1.11 bits per heavy atom. The van der Waals surface area contributed by atoms with E-state index >= 15 is 0 Å². The van der Waals surface area contributed by atoms with Gasteiger partial charge >= 0.3 is 0 Å². The maximum absolute atomic E-state index is 12.7. The molecule has 2 N–H and O–H groups in total. The monoisotopic (exact) mass is 365 g/mol. The van der Waals surface area contributed by atoms with Gasteiger partial charge in [-0.25, -0.2) is 9.97 Å². The van der Waals surface area contributed by atoms with Crippen molar-refractivity contribution in [2.24, 2.45) is 12.8 Å². The van der Waals surface area contributed by atoms with Crippen molar-refractivity contribution in [2.45, 2.75) is 13.5 Å². The lowest BCUT2D eigenvalue weighted by atomic mass is 10.1. The summed E-state index contributed by atoms with van der Waals surface area (Å²) in [4.78, 5) is 26.0. The molecule has 0 saturated carbocycles. The van der Waals surface area contributed by atoms with Gasteiger partial charge in [0.2, 0.25) is 0 Å². The largest absolute Gasteiger partial charge is 0.352 e. The highest BCUT2D eigenvalue weighted by atomic mass is 16.2. The summed E-state index contributed by atoms with van der Waals surface area (Å²) in [6.45, 7) is 5.14. The minimum atomic E-state index is 0.0589. The quantitative estimate of drug-likeness (QED) is 0.747. The SMILES string of the molecule is Cc1nc(N2CCN(C(=O)c3ccc(CN)cc3)CC2)c2cnn(C)c2n1. The molecule has 1 aliphatic heterocycles. The van der Waals surface area contributed by atoms with Crippen LogP contribution in [0.2, 0.25) is 0 Å². The van der Waals surface area contributed by atoms with Gasteiger partial charge < -0.3 is 15.5 Å². The van der Waals surface area contributed by atoms with Crippen LogP contribution in [0.4, 0.5) is 5.82 Å². The molecule has 0 unspecified atom stereocenters. The van der Waals surface area contributed by atoms with Crippen LogP contribution in [0, 0.1) is 6.92 Å². The lowest BCUT2D eigenvalue weighted by Gasteiger charge is -2.35. The third kappa shape index (κ3) is 3.23. The maximum Gasteiger partial charge on any atom is 0.253 e. The summed E-state index contributed by atoms with van der Waals surface area (Å²) in [7, 11) is 1.88. The number of benzene rings is 1. The van der Waals surface area contributed by atoms with E-state index in [0.29, 0.717) is 25.2 Å². The first-order valence-electron chi connectivity index (χ1n) is 9.06. The molecule has 8 nitrogen and oxygen atoms in total. The fourth-order valence-electron chi connectivity index (χ4n) is 3.44. The van der Waals surface area contributed by atoms with Gasteiger partial charge in [-0.3, -0.25) is 9.48 Å². The summed E-state index contributed by atoms with van der Waals surface area (Å²) < 4.78 is 1.76. The van der Waals surface area contributed by atoms with Crippen molar-refractivity contribution in [1.82, 2.24) is 24.6 Å². The molecule has 0 aliphatic carbocycles. The Labute approximate surface area is 157 Å². The Balaban J connectivity index is 1.50. The third-order valence-corrected chi connectivity index (χ3v) is 4.99. The average Bonchev–Trinajstić information content (AvgIpc) is 3.08. The highest BCUT2D eigenvalue weighted by molar-refractivity contribution is 5.94. The fourth-order valence-corrected chi connectivity index (χ4v) is 3.44. The van der Waals surface area contributed by atoms with Crippen LogP contribution in [0.15, 0.2) is 30.5 Å². The van der Waals surface area contributed by atoms with Crippen molar-refractivity contribution < 1.29 is 4.79 Å². The van der Waals surface area contributed by atoms with Crippen LogP contribution < -0.4 is 10.6 Å². The number of nitrogens with zero attached hydrogens (tertiary/aromatic N) is 6. The number of hydrogen-bond donors (Lipinski definition) is 1. The molecular weight excluding hydrogens is 342 g/mol. The Morgan fingerprint density at radius 3 is 2.48 bits per heavy atom. The van der Waals surface area contributed by atoms with E-state index in [1.54, 1.807) is 10.9 Å². The molecule has 3 aromatic rings. The van der Waals surface area contributed by atoms with E-state index in [9.17, 15) is 4.79 Å². The molecule has 8 heteroatoms. The van der Waals surface area contributed by atoms with Crippen molar-refractivity contribution >= 4 is 22.8 Å². The second-order valence-electron chi connectivity index (χ2n) is 6.78. The first kappa shape index (κ1) is 17.4. The van der Waals surface area contributed by atoms with Crippen LogP contribution >= 0.6 is 0 Å². The lowest BCUT2D eigenvalue weighted by Crippen LogP contribution is -2.49. The number of nitrogens with two attached hydrogens (primary N) is 1. The molecular formula is C19H23N7O. The molecule has 1 aliphatic rings. The van der Waals surface area contributed by atoms with Crippen molar-refractivity contribution in [3.05, 3.63) is 47.4 Å². The van der Waals surface area contributed by atoms with E-state index in [0.717, 1.165) is 41.3 Å². The Hall–Kier alpha value is -3.00. The number of piperazine rings is 1. The van der Waals surface area contributed by atoms with Gasteiger partial charge in [0.15, 0.2) is 5.65 Å². The van der Waals surface area contributed by atoms with Crippen LogP contribution in [0.3, 0.4) is 0 Å². The van der Waals surface area contributed by atoms with Crippen LogP contribution in [0.1, 0.15) is 21.7 Å². The van der Waals surface area contributed by atoms with Crippen LogP contribution in [-0.2, 0) is 13.6 Å².